The molecule has 6 heteroatoms. The molecule has 4 rings (SSSR count). The summed E-state index contributed by atoms with van der Waals surface area (Å²) >= 11 is 0. The average Bonchev–Trinajstić information content (AvgIpc) is 3.04. The molecule has 0 atom stereocenters. The van der Waals surface area contributed by atoms with Gasteiger partial charge in [-0.1, -0.05) is 42.0 Å². The third kappa shape index (κ3) is 5.00. The van der Waals surface area contributed by atoms with Gasteiger partial charge in [0.2, 0.25) is 5.91 Å². The molecule has 33 heavy (non-hydrogen) atoms. The second-order valence-corrected chi connectivity index (χ2v) is 8.45. The van der Waals surface area contributed by atoms with Gasteiger partial charge in [0.15, 0.2) is 0 Å². The zero-order valence-electron chi connectivity index (χ0n) is 19.0. The van der Waals surface area contributed by atoms with E-state index in [0.717, 1.165) is 22.3 Å². The number of pyridine rings is 1. The number of hydrogen-bond acceptors (Lipinski definition) is 4. The summed E-state index contributed by atoms with van der Waals surface area (Å²) in [5.41, 5.74) is 5.00. The van der Waals surface area contributed by atoms with Crippen LogP contribution in [-0.4, -0.2) is 39.1 Å². The Hall–Kier alpha value is -3.80. The molecule has 2 heterocycles. The lowest BCUT2D eigenvalue weighted by Gasteiger charge is -2.24. The zero-order chi connectivity index (χ0) is 23.4. The van der Waals surface area contributed by atoms with Crippen molar-refractivity contribution in [3.8, 4) is 0 Å². The van der Waals surface area contributed by atoms with E-state index in [2.05, 4.69) is 4.98 Å². The molecule has 168 valence electrons. The molecular weight excluding hydrogens is 414 g/mol. The number of aryl methyl sites for hydroxylation is 2. The predicted octanol–water partition coefficient (Wildman–Crippen LogP) is 4.30. The Morgan fingerprint density at radius 2 is 1.73 bits per heavy atom. The van der Waals surface area contributed by atoms with E-state index < -0.39 is 0 Å². The van der Waals surface area contributed by atoms with Crippen molar-refractivity contribution in [2.24, 2.45) is 0 Å². The minimum Gasteiger partial charge on any atom is -0.334 e. The molecule has 0 saturated heterocycles. The summed E-state index contributed by atoms with van der Waals surface area (Å²) in [6.07, 6.45) is 4.14. The van der Waals surface area contributed by atoms with E-state index in [9.17, 15) is 14.4 Å². The van der Waals surface area contributed by atoms with Crippen molar-refractivity contribution < 1.29 is 14.4 Å². The summed E-state index contributed by atoms with van der Waals surface area (Å²) in [4.78, 5) is 45.7. The van der Waals surface area contributed by atoms with E-state index in [-0.39, 0.29) is 30.7 Å². The van der Waals surface area contributed by atoms with Crippen LogP contribution in [0.15, 0.2) is 67.0 Å². The van der Waals surface area contributed by atoms with Crippen LogP contribution < -0.4 is 0 Å². The maximum Gasteiger partial charge on any atom is 0.261 e. The summed E-state index contributed by atoms with van der Waals surface area (Å²) in [6, 6.07) is 17.1. The second-order valence-electron chi connectivity index (χ2n) is 8.45. The zero-order valence-corrected chi connectivity index (χ0v) is 19.0. The maximum atomic E-state index is 13.2. The van der Waals surface area contributed by atoms with Gasteiger partial charge in [0.1, 0.15) is 0 Å². The first-order valence-corrected chi connectivity index (χ1v) is 11.1. The van der Waals surface area contributed by atoms with Gasteiger partial charge in [0, 0.05) is 38.4 Å². The van der Waals surface area contributed by atoms with Crippen LogP contribution in [0.2, 0.25) is 0 Å². The van der Waals surface area contributed by atoms with E-state index >= 15 is 0 Å². The molecule has 0 N–H and O–H groups in total. The first-order chi connectivity index (χ1) is 15.9. The van der Waals surface area contributed by atoms with Crippen molar-refractivity contribution in [3.05, 3.63) is 100 Å². The lowest BCUT2D eigenvalue weighted by molar-refractivity contribution is -0.132. The van der Waals surface area contributed by atoms with Gasteiger partial charge in [0.25, 0.3) is 11.8 Å². The molecule has 3 amide bonds. The highest BCUT2D eigenvalue weighted by Gasteiger charge is 2.35. The summed E-state index contributed by atoms with van der Waals surface area (Å²) in [6.45, 7) is 5.10. The largest absolute Gasteiger partial charge is 0.334 e. The first-order valence-electron chi connectivity index (χ1n) is 11.1. The molecule has 2 aromatic carbocycles. The summed E-state index contributed by atoms with van der Waals surface area (Å²) in [5, 5.41) is 0. The molecule has 0 bridgehead atoms. The summed E-state index contributed by atoms with van der Waals surface area (Å²) < 4.78 is 0. The predicted molar refractivity (Wildman–Crippen MR) is 125 cm³/mol. The van der Waals surface area contributed by atoms with Crippen LogP contribution in [-0.2, 0) is 17.9 Å². The van der Waals surface area contributed by atoms with Crippen molar-refractivity contribution in [3.63, 3.8) is 0 Å². The van der Waals surface area contributed by atoms with Crippen LogP contribution in [0.3, 0.4) is 0 Å². The standard InChI is InChI=1S/C27H27N3O3/c1-19-11-12-23-24(15-19)27(33)30(26(23)32)14-6-10-25(31)29(17-21-8-5-13-28-16-21)18-22-9-4-3-7-20(22)2/h3-5,7-9,11-13,15-16H,6,10,14,17-18H2,1-2H3. The molecule has 1 aliphatic heterocycles. The number of imide groups is 1. The number of carbonyl (C=O) groups excluding carboxylic acids is 3. The lowest BCUT2D eigenvalue weighted by atomic mass is 10.1. The Balaban J connectivity index is 1.42. The van der Waals surface area contributed by atoms with E-state index in [1.807, 2.05) is 61.2 Å². The minimum absolute atomic E-state index is 0.0189. The van der Waals surface area contributed by atoms with Crippen molar-refractivity contribution in [2.45, 2.75) is 39.8 Å². The number of benzene rings is 2. The van der Waals surface area contributed by atoms with Crippen molar-refractivity contribution in [1.82, 2.24) is 14.8 Å². The third-order valence-corrected chi connectivity index (χ3v) is 5.97. The number of hydrogen-bond donors (Lipinski definition) is 0. The van der Waals surface area contributed by atoms with E-state index in [4.69, 9.17) is 0 Å². The number of carbonyl (C=O) groups is 3. The minimum atomic E-state index is -0.283. The number of rotatable bonds is 8. The average molecular weight is 442 g/mol. The van der Waals surface area contributed by atoms with Crippen molar-refractivity contribution in [1.29, 1.82) is 0 Å². The molecule has 0 fully saturated rings. The molecule has 1 aromatic heterocycles. The van der Waals surface area contributed by atoms with E-state index in [1.54, 1.807) is 24.5 Å². The Labute approximate surface area is 193 Å². The van der Waals surface area contributed by atoms with Gasteiger partial charge >= 0.3 is 0 Å². The molecule has 0 aliphatic carbocycles. The highest BCUT2D eigenvalue weighted by Crippen LogP contribution is 2.24. The van der Waals surface area contributed by atoms with Crippen LogP contribution in [0.1, 0.15) is 55.8 Å². The van der Waals surface area contributed by atoms with Crippen molar-refractivity contribution in [2.75, 3.05) is 6.54 Å². The van der Waals surface area contributed by atoms with Gasteiger partial charge < -0.3 is 4.90 Å². The molecule has 6 nitrogen and oxygen atoms in total. The van der Waals surface area contributed by atoms with Gasteiger partial charge in [-0.25, -0.2) is 0 Å². The molecule has 0 spiro atoms. The van der Waals surface area contributed by atoms with Crippen LogP contribution in [0, 0.1) is 13.8 Å². The molecule has 0 radical (unpaired) electrons. The van der Waals surface area contributed by atoms with Crippen LogP contribution in [0.4, 0.5) is 0 Å². The Morgan fingerprint density at radius 3 is 2.48 bits per heavy atom. The van der Waals surface area contributed by atoms with E-state index in [1.165, 1.54) is 4.90 Å². The molecule has 3 aromatic rings. The smallest absolute Gasteiger partial charge is 0.261 e. The van der Waals surface area contributed by atoms with E-state index in [0.29, 0.717) is 30.6 Å². The van der Waals surface area contributed by atoms with Gasteiger partial charge in [-0.05, 0) is 55.2 Å². The molecule has 0 saturated carbocycles. The Bertz CT molecular complexity index is 1190. The quantitative estimate of drug-likeness (QED) is 0.489. The van der Waals surface area contributed by atoms with Crippen LogP contribution in [0.25, 0.3) is 0 Å². The fraction of sp³-hybridized carbons (Fsp3) is 0.259. The van der Waals surface area contributed by atoms with Crippen LogP contribution in [0.5, 0.6) is 0 Å². The normalized spacial score (nSPS) is 12.7. The number of aromatic nitrogens is 1. The van der Waals surface area contributed by atoms with Crippen LogP contribution >= 0.6 is 0 Å². The van der Waals surface area contributed by atoms with Gasteiger partial charge in [-0.3, -0.25) is 24.3 Å². The highest BCUT2D eigenvalue weighted by molar-refractivity contribution is 6.21. The van der Waals surface area contributed by atoms with Crippen molar-refractivity contribution >= 4 is 17.7 Å². The SMILES string of the molecule is Cc1ccc2c(c1)C(=O)N(CCCC(=O)N(Cc1cccnc1)Cc1ccccc1C)C2=O. The maximum absolute atomic E-state index is 13.2. The highest BCUT2D eigenvalue weighted by atomic mass is 16.2. The Morgan fingerprint density at radius 1 is 0.939 bits per heavy atom. The molecule has 0 unspecified atom stereocenters. The fourth-order valence-electron chi connectivity index (χ4n) is 4.09. The first kappa shape index (κ1) is 22.4. The Kier molecular flexibility index (Phi) is 6.63. The number of nitrogens with zero attached hydrogens (tertiary/aromatic N) is 3. The second kappa shape index (κ2) is 9.77. The van der Waals surface area contributed by atoms with Gasteiger partial charge in [-0.2, -0.15) is 0 Å². The van der Waals surface area contributed by atoms with Gasteiger partial charge in [-0.15, -0.1) is 0 Å². The van der Waals surface area contributed by atoms with Gasteiger partial charge in [0.05, 0.1) is 11.1 Å². The molecule has 1 aliphatic rings. The lowest BCUT2D eigenvalue weighted by Crippen LogP contribution is -2.33. The summed E-state index contributed by atoms with van der Waals surface area (Å²) in [5.74, 6) is -0.581. The third-order valence-electron chi connectivity index (χ3n) is 5.97. The number of amides is 3. The number of fused-ring (bicyclic) bond motifs is 1. The monoisotopic (exact) mass is 441 g/mol. The summed E-state index contributed by atoms with van der Waals surface area (Å²) in [7, 11) is 0. The fourth-order valence-corrected chi connectivity index (χ4v) is 4.09. The molecular formula is C27H27N3O3. The topological polar surface area (TPSA) is 70.6 Å².